The van der Waals surface area contributed by atoms with E-state index >= 15 is 0 Å². The Labute approximate surface area is 100 Å². The molecule has 1 atom stereocenters. The van der Waals surface area contributed by atoms with Gasteiger partial charge >= 0.3 is 0 Å². The molecule has 0 aromatic heterocycles. The van der Waals surface area contributed by atoms with Crippen molar-refractivity contribution in [2.24, 2.45) is 5.92 Å². The molecular formula is C13H15FN2O. The molecule has 17 heavy (non-hydrogen) atoms. The first-order chi connectivity index (χ1) is 7.95. The number of hydrogen-bond donors (Lipinski definition) is 1. The van der Waals surface area contributed by atoms with Gasteiger partial charge < -0.3 is 5.32 Å². The summed E-state index contributed by atoms with van der Waals surface area (Å²) in [6.07, 6.45) is 0. The highest BCUT2D eigenvalue weighted by Gasteiger charge is 2.18. The molecule has 0 fully saturated rings. The molecule has 0 heterocycles. The molecule has 0 aliphatic heterocycles. The molecule has 1 N–H and O–H groups in total. The smallest absolute Gasteiger partial charge is 0.255 e. The number of nitrogens with one attached hydrogen (secondary N) is 1. The first kappa shape index (κ1) is 13.2. The summed E-state index contributed by atoms with van der Waals surface area (Å²) in [7, 11) is 0. The van der Waals surface area contributed by atoms with Crippen molar-refractivity contribution in [1.29, 1.82) is 5.26 Å². The highest BCUT2D eigenvalue weighted by molar-refractivity contribution is 5.94. The van der Waals surface area contributed by atoms with Crippen molar-refractivity contribution >= 4 is 5.91 Å². The Bertz CT molecular complexity index is 463. The Kier molecular flexibility index (Phi) is 4.22. The summed E-state index contributed by atoms with van der Waals surface area (Å²) < 4.78 is 13.5. The van der Waals surface area contributed by atoms with Crippen LogP contribution in [0, 0.1) is 30.0 Å². The third-order valence-electron chi connectivity index (χ3n) is 2.46. The summed E-state index contributed by atoms with van der Waals surface area (Å²) in [6.45, 7) is 5.39. The Morgan fingerprint density at radius 1 is 1.47 bits per heavy atom. The monoisotopic (exact) mass is 234 g/mol. The van der Waals surface area contributed by atoms with Gasteiger partial charge in [-0.25, -0.2) is 4.39 Å². The molecule has 0 spiro atoms. The lowest BCUT2D eigenvalue weighted by molar-refractivity contribution is 0.0933. The van der Waals surface area contributed by atoms with Crippen LogP contribution in [0.15, 0.2) is 18.2 Å². The predicted molar refractivity (Wildman–Crippen MR) is 62.8 cm³/mol. The van der Waals surface area contributed by atoms with Gasteiger partial charge in [-0.3, -0.25) is 4.79 Å². The van der Waals surface area contributed by atoms with Crippen LogP contribution in [-0.4, -0.2) is 11.9 Å². The van der Waals surface area contributed by atoms with Gasteiger partial charge in [0.2, 0.25) is 0 Å². The average molecular weight is 234 g/mol. The van der Waals surface area contributed by atoms with Crippen LogP contribution in [0.5, 0.6) is 0 Å². The highest BCUT2D eigenvalue weighted by Crippen LogP contribution is 2.10. The van der Waals surface area contributed by atoms with E-state index in [4.69, 9.17) is 5.26 Å². The van der Waals surface area contributed by atoms with Crippen molar-refractivity contribution in [3.05, 3.63) is 35.1 Å². The standard InChI is InChI=1S/C13H15FN2O/c1-8(2)12(7-15)16-13(17)10-5-4-9(3)6-11(10)14/h4-6,8,12H,1-3H3,(H,16,17). The summed E-state index contributed by atoms with van der Waals surface area (Å²) >= 11 is 0. The molecule has 90 valence electrons. The van der Waals surface area contributed by atoms with Gasteiger partial charge in [0.25, 0.3) is 5.91 Å². The number of carbonyl (C=O) groups is 1. The Balaban J connectivity index is 2.87. The molecule has 1 aromatic rings. The second-order valence-electron chi connectivity index (χ2n) is 4.31. The zero-order chi connectivity index (χ0) is 13.0. The van der Waals surface area contributed by atoms with Gasteiger partial charge in [-0.2, -0.15) is 5.26 Å². The van der Waals surface area contributed by atoms with E-state index in [1.165, 1.54) is 12.1 Å². The van der Waals surface area contributed by atoms with Gasteiger partial charge in [0.05, 0.1) is 11.6 Å². The lowest BCUT2D eigenvalue weighted by Crippen LogP contribution is -2.37. The maximum Gasteiger partial charge on any atom is 0.255 e. The van der Waals surface area contributed by atoms with Gasteiger partial charge in [0.15, 0.2) is 0 Å². The lowest BCUT2D eigenvalue weighted by Gasteiger charge is -2.15. The Morgan fingerprint density at radius 3 is 2.59 bits per heavy atom. The number of nitriles is 1. The van der Waals surface area contributed by atoms with Crippen molar-refractivity contribution in [2.75, 3.05) is 0 Å². The molecule has 0 aliphatic rings. The highest BCUT2D eigenvalue weighted by atomic mass is 19.1. The first-order valence-electron chi connectivity index (χ1n) is 5.42. The number of amides is 1. The lowest BCUT2D eigenvalue weighted by atomic mass is 10.0. The first-order valence-corrected chi connectivity index (χ1v) is 5.42. The molecule has 0 aliphatic carbocycles. The summed E-state index contributed by atoms with van der Waals surface area (Å²) in [5, 5.41) is 11.3. The van der Waals surface area contributed by atoms with Crippen LogP contribution in [0.4, 0.5) is 4.39 Å². The zero-order valence-corrected chi connectivity index (χ0v) is 10.1. The minimum atomic E-state index is -0.608. The second kappa shape index (κ2) is 5.44. The van der Waals surface area contributed by atoms with E-state index in [1.54, 1.807) is 13.0 Å². The van der Waals surface area contributed by atoms with E-state index < -0.39 is 17.8 Å². The number of benzene rings is 1. The Morgan fingerprint density at radius 2 is 2.12 bits per heavy atom. The molecule has 1 unspecified atom stereocenters. The van der Waals surface area contributed by atoms with Crippen molar-refractivity contribution in [2.45, 2.75) is 26.8 Å². The molecule has 1 amide bonds. The van der Waals surface area contributed by atoms with E-state index in [0.717, 1.165) is 5.56 Å². The summed E-state index contributed by atoms with van der Waals surface area (Å²) in [6, 6.07) is 5.75. The molecular weight excluding hydrogens is 219 g/mol. The number of hydrogen-bond acceptors (Lipinski definition) is 2. The summed E-state index contributed by atoms with van der Waals surface area (Å²) in [4.78, 5) is 11.7. The fourth-order valence-electron chi connectivity index (χ4n) is 1.37. The van der Waals surface area contributed by atoms with Gasteiger partial charge in [0.1, 0.15) is 11.9 Å². The predicted octanol–water partition coefficient (Wildman–Crippen LogP) is 2.41. The number of nitrogens with zero attached hydrogens (tertiary/aromatic N) is 1. The fraction of sp³-hybridized carbons (Fsp3) is 0.385. The topological polar surface area (TPSA) is 52.9 Å². The van der Waals surface area contributed by atoms with Crippen LogP contribution in [-0.2, 0) is 0 Å². The number of carbonyl (C=O) groups excluding carboxylic acids is 1. The normalized spacial score (nSPS) is 12.0. The van der Waals surface area contributed by atoms with E-state index in [9.17, 15) is 9.18 Å². The molecule has 0 bridgehead atoms. The zero-order valence-electron chi connectivity index (χ0n) is 10.1. The molecule has 3 nitrogen and oxygen atoms in total. The van der Waals surface area contributed by atoms with Gasteiger partial charge in [-0.05, 0) is 30.5 Å². The number of rotatable bonds is 3. The van der Waals surface area contributed by atoms with Crippen LogP contribution in [0.1, 0.15) is 29.8 Å². The number of aryl methyl sites for hydroxylation is 1. The van der Waals surface area contributed by atoms with E-state index in [1.807, 2.05) is 19.9 Å². The maximum absolute atomic E-state index is 13.5. The van der Waals surface area contributed by atoms with E-state index in [-0.39, 0.29) is 11.5 Å². The maximum atomic E-state index is 13.5. The van der Waals surface area contributed by atoms with E-state index in [0.29, 0.717) is 0 Å². The quantitative estimate of drug-likeness (QED) is 0.873. The summed E-state index contributed by atoms with van der Waals surface area (Å²) in [5.74, 6) is -1.14. The van der Waals surface area contributed by atoms with Gasteiger partial charge in [-0.15, -0.1) is 0 Å². The minimum absolute atomic E-state index is 0.0162. The van der Waals surface area contributed by atoms with E-state index in [2.05, 4.69) is 5.32 Å². The van der Waals surface area contributed by atoms with Crippen molar-refractivity contribution in [3.8, 4) is 6.07 Å². The third-order valence-corrected chi connectivity index (χ3v) is 2.46. The van der Waals surface area contributed by atoms with Crippen molar-refractivity contribution in [3.63, 3.8) is 0 Å². The molecule has 4 heteroatoms. The molecule has 0 saturated carbocycles. The Hall–Kier alpha value is -1.89. The molecule has 0 radical (unpaired) electrons. The van der Waals surface area contributed by atoms with Crippen LogP contribution in [0.25, 0.3) is 0 Å². The number of halogens is 1. The van der Waals surface area contributed by atoms with Crippen LogP contribution >= 0.6 is 0 Å². The van der Waals surface area contributed by atoms with Crippen molar-refractivity contribution in [1.82, 2.24) is 5.32 Å². The SMILES string of the molecule is Cc1ccc(C(=O)NC(C#N)C(C)C)c(F)c1. The summed E-state index contributed by atoms with van der Waals surface area (Å²) in [5.41, 5.74) is 0.719. The molecule has 1 rings (SSSR count). The van der Waals surface area contributed by atoms with Crippen LogP contribution in [0.3, 0.4) is 0 Å². The van der Waals surface area contributed by atoms with Gasteiger partial charge in [-0.1, -0.05) is 19.9 Å². The van der Waals surface area contributed by atoms with Gasteiger partial charge in [0, 0.05) is 0 Å². The average Bonchev–Trinajstić information content (AvgIpc) is 2.24. The van der Waals surface area contributed by atoms with Crippen LogP contribution < -0.4 is 5.32 Å². The molecule has 0 saturated heterocycles. The fourth-order valence-corrected chi connectivity index (χ4v) is 1.37. The minimum Gasteiger partial charge on any atom is -0.336 e. The second-order valence-corrected chi connectivity index (χ2v) is 4.31. The molecule has 1 aromatic carbocycles. The third kappa shape index (κ3) is 3.28. The van der Waals surface area contributed by atoms with Crippen molar-refractivity contribution < 1.29 is 9.18 Å². The van der Waals surface area contributed by atoms with Crippen LogP contribution in [0.2, 0.25) is 0 Å². The largest absolute Gasteiger partial charge is 0.336 e.